The number of ether oxygens (including phenoxy) is 1. The van der Waals surface area contributed by atoms with Gasteiger partial charge in [0, 0.05) is 13.2 Å². The minimum absolute atomic E-state index is 0.0450. The minimum atomic E-state index is -0.488. The molecule has 0 radical (unpaired) electrons. The molecule has 0 bridgehead atoms. The summed E-state index contributed by atoms with van der Waals surface area (Å²) in [6.45, 7) is 1.43. The van der Waals surface area contributed by atoms with Crippen LogP contribution in [-0.2, 0) is 16.0 Å². The molecule has 1 saturated carbocycles. The summed E-state index contributed by atoms with van der Waals surface area (Å²) in [6.07, 6.45) is 5.73. The zero-order chi connectivity index (χ0) is 15.4. The van der Waals surface area contributed by atoms with Crippen LogP contribution in [0.4, 0.5) is 0 Å². The Morgan fingerprint density at radius 3 is 2.86 bits per heavy atom. The fraction of sp³-hybridized carbons (Fsp3) is 0.611. The second-order valence-electron chi connectivity index (χ2n) is 6.60. The van der Waals surface area contributed by atoms with Crippen molar-refractivity contribution in [2.24, 2.45) is 5.41 Å². The van der Waals surface area contributed by atoms with E-state index in [4.69, 9.17) is 4.74 Å². The summed E-state index contributed by atoms with van der Waals surface area (Å²) in [7, 11) is 0. The number of fused-ring (bicyclic) bond motifs is 1. The smallest absolute Gasteiger partial charge is 0.253 e. The number of carbonyl (C=O) groups excluding carboxylic acids is 1. The zero-order valence-electron chi connectivity index (χ0n) is 13.0. The molecule has 0 saturated heterocycles. The Balaban J connectivity index is 1.65. The first-order chi connectivity index (χ1) is 10.7. The molecule has 1 aromatic rings. The first kappa shape index (κ1) is 15.5. The van der Waals surface area contributed by atoms with Crippen LogP contribution in [0.25, 0.3) is 0 Å². The predicted molar refractivity (Wildman–Crippen MR) is 84.5 cm³/mol. The van der Waals surface area contributed by atoms with Crippen molar-refractivity contribution in [2.75, 3.05) is 19.8 Å². The van der Waals surface area contributed by atoms with Crippen LogP contribution in [0.15, 0.2) is 24.3 Å². The van der Waals surface area contributed by atoms with Gasteiger partial charge in [-0.05, 0) is 42.2 Å². The molecule has 1 aliphatic heterocycles. The summed E-state index contributed by atoms with van der Waals surface area (Å²) < 4.78 is 5.71. The average molecular weight is 303 g/mol. The van der Waals surface area contributed by atoms with Crippen LogP contribution < -0.4 is 5.32 Å². The fourth-order valence-electron chi connectivity index (χ4n) is 3.86. The highest BCUT2D eigenvalue weighted by Crippen LogP contribution is 2.40. The van der Waals surface area contributed by atoms with Gasteiger partial charge in [-0.1, -0.05) is 37.1 Å². The van der Waals surface area contributed by atoms with Gasteiger partial charge in [0.2, 0.25) is 0 Å². The Labute approximate surface area is 131 Å². The van der Waals surface area contributed by atoms with E-state index in [1.54, 1.807) is 0 Å². The molecule has 1 aliphatic carbocycles. The second-order valence-corrected chi connectivity index (χ2v) is 6.60. The highest BCUT2D eigenvalue weighted by Gasteiger charge is 2.35. The third-order valence-electron chi connectivity index (χ3n) is 5.18. The van der Waals surface area contributed by atoms with E-state index in [0.717, 1.165) is 31.2 Å². The Kier molecular flexibility index (Phi) is 4.79. The predicted octanol–water partition coefficient (Wildman–Crippen LogP) is 2.36. The molecule has 4 heteroatoms. The molecule has 0 aromatic heterocycles. The number of hydrogen-bond donors (Lipinski definition) is 2. The van der Waals surface area contributed by atoms with Crippen LogP contribution in [0.2, 0.25) is 0 Å². The summed E-state index contributed by atoms with van der Waals surface area (Å²) in [6, 6.07) is 8.02. The number of aliphatic hydroxyl groups excluding tert-OH is 1. The third-order valence-corrected chi connectivity index (χ3v) is 5.18. The number of aliphatic hydroxyl groups is 1. The van der Waals surface area contributed by atoms with Gasteiger partial charge in [0.1, 0.15) is 0 Å². The first-order valence-corrected chi connectivity index (χ1v) is 8.32. The Morgan fingerprint density at radius 1 is 1.32 bits per heavy atom. The fourth-order valence-corrected chi connectivity index (χ4v) is 3.86. The van der Waals surface area contributed by atoms with E-state index in [2.05, 4.69) is 11.4 Å². The van der Waals surface area contributed by atoms with Gasteiger partial charge in [-0.15, -0.1) is 0 Å². The van der Waals surface area contributed by atoms with Gasteiger partial charge < -0.3 is 15.2 Å². The second kappa shape index (κ2) is 6.80. The Bertz CT molecular complexity index is 523. The number of carbonyl (C=O) groups is 1. The summed E-state index contributed by atoms with van der Waals surface area (Å²) in [4.78, 5) is 12.6. The van der Waals surface area contributed by atoms with Crippen molar-refractivity contribution in [3.63, 3.8) is 0 Å². The van der Waals surface area contributed by atoms with Gasteiger partial charge in [-0.3, -0.25) is 4.79 Å². The lowest BCUT2D eigenvalue weighted by atomic mass is 9.83. The van der Waals surface area contributed by atoms with E-state index in [0.29, 0.717) is 13.2 Å². The van der Waals surface area contributed by atoms with E-state index < -0.39 is 6.10 Å². The molecular formula is C18H25NO3. The topological polar surface area (TPSA) is 58.6 Å². The molecule has 1 heterocycles. The van der Waals surface area contributed by atoms with Gasteiger partial charge >= 0.3 is 0 Å². The molecule has 3 rings (SSSR count). The molecule has 1 aromatic carbocycles. The third kappa shape index (κ3) is 3.18. The zero-order valence-corrected chi connectivity index (χ0v) is 13.0. The van der Waals surface area contributed by atoms with Crippen LogP contribution in [0.1, 0.15) is 49.3 Å². The van der Waals surface area contributed by atoms with Crippen LogP contribution in [0, 0.1) is 5.41 Å². The lowest BCUT2D eigenvalue weighted by Gasteiger charge is -2.30. The highest BCUT2D eigenvalue weighted by molar-refractivity contribution is 5.82. The quantitative estimate of drug-likeness (QED) is 0.878. The molecule has 0 spiro atoms. The molecule has 1 unspecified atom stereocenters. The largest absolute Gasteiger partial charge is 0.396 e. The van der Waals surface area contributed by atoms with E-state index in [-0.39, 0.29) is 17.9 Å². The SMILES string of the molecule is O=C(NCC1(CCO)CCCC1)C1OCCc2ccccc21. The van der Waals surface area contributed by atoms with Gasteiger partial charge in [0.25, 0.3) is 5.91 Å². The van der Waals surface area contributed by atoms with Crippen LogP contribution in [0.5, 0.6) is 0 Å². The number of benzene rings is 1. The monoisotopic (exact) mass is 303 g/mol. The van der Waals surface area contributed by atoms with Crippen LogP contribution in [0.3, 0.4) is 0 Å². The van der Waals surface area contributed by atoms with Crippen molar-refractivity contribution in [1.29, 1.82) is 0 Å². The summed E-state index contributed by atoms with van der Waals surface area (Å²) >= 11 is 0. The number of hydrogen-bond acceptors (Lipinski definition) is 3. The molecule has 1 amide bonds. The van der Waals surface area contributed by atoms with Gasteiger partial charge in [-0.2, -0.15) is 0 Å². The molecule has 22 heavy (non-hydrogen) atoms. The lowest BCUT2D eigenvalue weighted by molar-refractivity contribution is -0.134. The van der Waals surface area contributed by atoms with Crippen molar-refractivity contribution in [3.8, 4) is 0 Å². The van der Waals surface area contributed by atoms with E-state index in [9.17, 15) is 9.90 Å². The minimum Gasteiger partial charge on any atom is -0.396 e. The van der Waals surface area contributed by atoms with Crippen LogP contribution in [-0.4, -0.2) is 30.8 Å². The highest BCUT2D eigenvalue weighted by atomic mass is 16.5. The van der Waals surface area contributed by atoms with E-state index in [1.165, 1.54) is 18.4 Å². The number of nitrogens with one attached hydrogen (secondary N) is 1. The average Bonchev–Trinajstić information content (AvgIpc) is 3.01. The maximum Gasteiger partial charge on any atom is 0.253 e. The molecule has 1 fully saturated rings. The molecule has 2 N–H and O–H groups in total. The number of rotatable bonds is 5. The van der Waals surface area contributed by atoms with Gasteiger partial charge in [-0.25, -0.2) is 0 Å². The molecule has 2 aliphatic rings. The van der Waals surface area contributed by atoms with Crippen LogP contribution >= 0.6 is 0 Å². The lowest BCUT2D eigenvalue weighted by Crippen LogP contribution is -2.40. The molecular weight excluding hydrogens is 278 g/mol. The Hall–Kier alpha value is -1.39. The van der Waals surface area contributed by atoms with Crippen molar-refractivity contribution in [2.45, 2.75) is 44.6 Å². The standard InChI is InChI=1S/C18H25NO3/c20-11-10-18(8-3-4-9-18)13-19-17(21)16-15-6-2-1-5-14(15)7-12-22-16/h1-2,5-6,16,20H,3-4,7-13H2,(H,19,21). The van der Waals surface area contributed by atoms with Gasteiger partial charge in [0.05, 0.1) is 6.61 Å². The summed E-state index contributed by atoms with van der Waals surface area (Å²) in [5.41, 5.74) is 2.28. The van der Waals surface area contributed by atoms with E-state index in [1.807, 2.05) is 18.2 Å². The molecule has 4 nitrogen and oxygen atoms in total. The van der Waals surface area contributed by atoms with Gasteiger partial charge in [0.15, 0.2) is 6.10 Å². The van der Waals surface area contributed by atoms with Crippen molar-refractivity contribution >= 4 is 5.91 Å². The van der Waals surface area contributed by atoms with Crippen molar-refractivity contribution in [3.05, 3.63) is 35.4 Å². The molecule has 120 valence electrons. The van der Waals surface area contributed by atoms with E-state index >= 15 is 0 Å². The first-order valence-electron chi connectivity index (χ1n) is 8.32. The number of amides is 1. The van der Waals surface area contributed by atoms with Crippen molar-refractivity contribution in [1.82, 2.24) is 5.32 Å². The maximum atomic E-state index is 12.6. The summed E-state index contributed by atoms with van der Waals surface area (Å²) in [5.74, 6) is -0.0450. The van der Waals surface area contributed by atoms with Crippen molar-refractivity contribution < 1.29 is 14.6 Å². The summed E-state index contributed by atoms with van der Waals surface area (Å²) in [5, 5.41) is 12.4. The normalized spacial score (nSPS) is 23.0. The Morgan fingerprint density at radius 2 is 2.09 bits per heavy atom. The maximum absolute atomic E-state index is 12.6. The molecule has 1 atom stereocenters.